The van der Waals surface area contributed by atoms with Gasteiger partial charge in [0.05, 0.1) is 51.5 Å². The number of carbonyl (C=O) groups excluding carboxylic acids is 1. The molecule has 1 N–H and O–H groups in total. The summed E-state index contributed by atoms with van der Waals surface area (Å²) in [5.41, 5.74) is 0.136. The second-order valence-electron chi connectivity index (χ2n) is 6.42. The second-order valence-corrected chi connectivity index (χ2v) is 7.23. The highest BCUT2D eigenvalue weighted by molar-refractivity contribution is 6.35. The molecule has 2 aromatic heterocycles. The number of nitriles is 1. The fraction of sp³-hybridized carbons (Fsp3) is 0. The SMILES string of the molecule is N#Cc1cc(F)ccc1-c1cc(Cl)c(C(=O)Nc2cnc(-n3nccn3)c(Cl)c2)cc1F. The van der Waals surface area contributed by atoms with Gasteiger partial charge in [0.15, 0.2) is 5.82 Å². The Morgan fingerprint density at radius 2 is 1.78 bits per heavy atom. The van der Waals surface area contributed by atoms with Crippen LogP contribution < -0.4 is 5.32 Å². The van der Waals surface area contributed by atoms with Crippen LogP contribution >= 0.6 is 23.2 Å². The Morgan fingerprint density at radius 1 is 1.03 bits per heavy atom. The molecule has 0 bridgehead atoms. The van der Waals surface area contributed by atoms with Gasteiger partial charge < -0.3 is 5.32 Å². The molecule has 32 heavy (non-hydrogen) atoms. The molecule has 0 saturated carbocycles. The molecular formula is C21H10Cl2F2N6O. The molecular weight excluding hydrogens is 461 g/mol. The summed E-state index contributed by atoms with van der Waals surface area (Å²) < 4.78 is 28.2. The molecule has 1 amide bonds. The van der Waals surface area contributed by atoms with E-state index in [1.54, 1.807) is 0 Å². The number of aromatic nitrogens is 4. The summed E-state index contributed by atoms with van der Waals surface area (Å²) in [5, 5.41) is 19.7. The van der Waals surface area contributed by atoms with Crippen molar-refractivity contribution in [3.05, 3.63) is 87.8 Å². The smallest absolute Gasteiger partial charge is 0.257 e. The number of pyridine rings is 1. The van der Waals surface area contributed by atoms with Gasteiger partial charge in [-0.1, -0.05) is 29.3 Å². The molecule has 2 aromatic carbocycles. The number of rotatable bonds is 4. The number of nitrogens with one attached hydrogen (secondary N) is 1. The van der Waals surface area contributed by atoms with E-state index in [0.717, 1.165) is 18.2 Å². The van der Waals surface area contributed by atoms with Gasteiger partial charge in [-0.2, -0.15) is 15.5 Å². The quantitative estimate of drug-likeness (QED) is 0.450. The van der Waals surface area contributed by atoms with E-state index in [2.05, 4.69) is 20.5 Å². The fourth-order valence-electron chi connectivity index (χ4n) is 2.94. The summed E-state index contributed by atoms with van der Waals surface area (Å²) in [6.45, 7) is 0. The highest BCUT2D eigenvalue weighted by Gasteiger charge is 2.19. The zero-order chi connectivity index (χ0) is 22.8. The summed E-state index contributed by atoms with van der Waals surface area (Å²) in [6.07, 6.45) is 4.25. The van der Waals surface area contributed by atoms with Crippen LogP contribution in [0, 0.1) is 23.0 Å². The number of anilines is 1. The van der Waals surface area contributed by atoms with Gasteiger partial charge in [-0.15, -0.1) is 4.80 Å². The molecule has 0 fully saturated rings. The van der Waals surface area contributed by atoms with E-state index in [9.17, 15) is 18.8 Å². The Bertz CT molecular complexity index is 1390. The van der Waals surface area contributed by atoms with Gasteiger partial charge >= 0.3 is 0 Å². The first-order valence-corrected chi connectivity index (χ1v) is 9.65. The van der Waals surface area contributed by atoms with Gasteiger partial charge in [0.1, 0.15) is 11.6 Å². The third kappa shape index (κ3) is 4.14. The molecule has 11 heteroatoms. The van der Waals surface area contributed by atoms with Crippen molar-refractivity contribution in [2.45, 2.75) is 0 Å². The lowest BCUT2D eigenvalue weighted by Crippen LogP contribution is -2.14. The lowest BCUT2D eigenvalue weighted by atomic mass is 9.98. The maximum absolute atomic E-state index is 14.8. The average Bonchev–Trinajstić information content (AvgIpc) is 3.29. The first-order chi connectivity index (χ1) is 15.4. The minimum absolute atomic E-state index is 0.0381. The van der Waals surface area contributed by atoms with Crippen molar-refractivity contribution < 1.29 is 13.6 Å². The summed E-state index contributed by atoms with van der Waals surface area (Å²) >= 11 is 12.4. The molecule has 0 atom stereocenters. The molecule has 4 rings (SSSR count). The van der Waals surface area contributed by atoms with Gasteiger partial charge in [0, 0.05) is 11.1 Å². The van der Waals surface area contributed by atoms with Crippen molar-refractivity contribution in [3.63, 3.8) is 0 Å². The number of nitrogens with zero attached hydrogens (tertiary/aromatic N) is 5. The van der Waals surface area contributed by atoms with Crippen LogP contribution in [-0.2, 0) is 0 Å². The fourth-order valence-corrected chi connectivity index (χ4v) is 3.43. The zero-order valence-corrected chi connectivity index (χ0v) is 17.4. The van der Waals surface area contributed by atoms with E-state index >= 15 is 0 Å². The van der Waals surface area contributed by atoms with E-state index in [1.165, 1.54) is 41.6 Å². The summed E-state index contributed by atoms with van der Waals surface area (Å²) in [7, 11) is 0. The molecule has 0 aliphatic carbocycles. The number of halogens is 4. The molecule has 0 radical (unpaired) electrons. The van der Waals surface area contributed by atoms with Crippen LogP contribution in [0.5, 0.6) is 0 Å². The van der Waals surface area contributed by atoms with Crippen molar-refractivity contribution >= 4 is 34.8 Å². The monoisotopic (exact) mass is 470 g/mol. The number of benzene rings is 2. The topological polar surface area (TPSA) is 96.5 Å². The molecule has 158 valence electrons. The Labute approximate surface area is 189 Å². The molecule has 4 aromatic rings. The van der Waals surface area contributed by atoms with Crippen LogP contribution in [-0.4, -0.2) is 25.9 Å². The lowest BCUT2D eigenvalue weighted by molar-refractivity contribution is 0.102. The first-order valence-electron chi connectivity index (χ1n) is 8.90. The van der Waals surface area contributed by atoms with E-state index in [-0.39, 0.29) is 43.8 Å². The summed E-state index contributed by atoms with van der Waals surface area (Å²) in [5.74, 6) is -1.88. The van der Waals surface area contributed by atoms with Crippen molar-refractivity contribution in [1.29, 1.82) is 5.26 Å². The Kier molecular flexibility index (Phi) is 5.81. The number of hydrogen-bond acceptors (Lipinski definition) is 5. The van der Waals surface area contributed by atoms with E-state index in [4.69, 9.17) is 23.2 Å². The number of hydrogen-bond donors (Lipinski definition) is 1. The highest BCUT2D eigenvalue weighted by atomic mass is 35.5. The maximum Gasteiger partial charge on any atom is 0.257 e. The predicted octanol–water partition coefficient (Wildman–Crippen LogP) is 5.04. The van der Waals surface area contributed by atoms with Crippen LogP contribution in [0.25, 0.3) is 16.9 Å². The third-order valence-corrected chi connectivity index (χ3v) is 4.97. The minimum atomic E-state index is -0.807. The summed E-state index contributed by atoms with van der Waals surface area (Å²) in [6, 6.07) is 8.75. The van der Waals surface area contributed by atoms with Crippen LogP contribution in [0.2, 0.25) is 10.0 Å². The normalized spacial score (nSPS) is 10.6. The molecule has 0 aliphatic rings. The Morgan fingerprint density at radius 3 is 2.47 bits per heavy atom. The Hall–Kier alpha value is -3.87. The first kappa shape index (κ1) is 21.4. The molecule has 2 heterocycles. The lowest BCUT2D eigenvalue weighted by Gasteiger charge is -2.11. The molecule has 7 nitrogen and oxygen atoms in total. The zero-order valence-electron chi connectivity index (χ0n) is 15.9. The van der Waals surface area contributed by atoms with E-state index in [0.29, 0.717) is 0 Å². The largest absolute Gasteiger partial charge is 0.320 e. The van der Waals surface area contributed by atoms with Gasteiger partial charge in [0.2, 0.25) is 0 Å². The van der Waals surface area contributed by atoms with E-state index < -0.39 is 17.5 Å². The van der Waals surface area contributed by atoms with Crippen molar-refractivity contribution in [1.82, 2.24) is 20.0 Å². The van der Waals surface area contributed by atoms with Gasteiger partial charge in [0.25, 0.3) is 5.91 Å². The van der Waals surface area contributed by atoms with Gasteiger partial charge in [-0.3, -0.25) is 4.79 Å². The molecule has 0 unspecified atom stereocenters. The average molecular weight is 471 g/mol. The van der Waals surface area contributed by atoms with Crippen LogP contribution in [0.1, 0.15) is 15.9 Å². The van der Waals surface area contributed by atoms with Crippen molar-refractivity contribution in [3.8, 4) is 23.0 Å². The third-order valence-electron chi connectivity index (χ3n) is 4.38. The highest BCUT2D eigenvalue weighted by Crippen LogP contribution is 2.32. The second kappa shape index (κ2) is 8.70. The van der Waals surface area contributed by atoms with Crippen molar-refractivity contribution in [2.24, 2.45) is 0 Å². The minimum Gasteiger partial charge on any atom is -0.320 e. The van der Waals surface area contributed by atoms with Crippen molar-refractivity contribution in [2.75, 3.05) is 5.32 Å². The van der Waals surface area contributed by atoms with Crippen LogP contribution in [0.15, 0.2) is 55.0 Å². The standard InChI is InChI=1S/C21H10Cl2F2N6O/c22-17-7-15(14-2-1-12(24)5-11(14)9-26)19(25)8-16(17)21(32)30-13-6-18(23)20(27-10-13)31-28-3-4-29-31/h1-8,10H,(H,30,32). The number of carbonyl (C=O) groups is 1. The Balaban J connectivity index is 1.62. The van der Waals surface area contributed by atoms with Crippen LogP contribution in [0.4, 0.5) is 14.5 Å². The maximum atomic E-state index is 14.8. The van der Waals surface area contributed by atoms with E-state index in [1.807, 2.05) is 6.07 Å². The van der Waals surface area contributed by atoms with Crippen LogP contribution in [0.3, 0.4) is 0 Å². The van der Waals surface area contributed by atoms with Gasteiger partial charge in [-0.25, -0.2) is 13.8 Å². The molecule has 0 spiro atoms. The predicted molar refractivity (Wildman–Crippen MR) is 114 cm³/mol. The summed E-state index contributed by atoms with van der Waals surface area (Å²) in [4.78, 5) is 18.0. The number of amides is 1. The molecule has 0 aliphatic heterocycles. The van der Waals surface area contributed by atoms with Gasteiger partial charge in [-0.05, 0) is 30.3 Å². The molecule has 0 saturated heterocycles.